The fraction of sp³-hybridized carbons (Fsp3) is 0.118. The molecule has 0 spiro atoms. The zero-order valence-electron chi connectivity index (χ0n) is 13.4. The molecule has 0 radical (unpaired) electrons. The summed E-state index contributed by atoms with van der Waals surface area (Å²) in [7, 11) is -3.74. The van der Waals surface area contributed by atoms with Gasteiger partial charge >= 0.3 is 0 Å². The third kappa shape index (κ3) is 4.96. The summed E-state index contributed by atoms with van der Waals surface area (Å²) in [4.78, 5) is 4.17. The van der Waals surface area contributed by atoms with E-state index in [4.69, 9.17) is 27.9 Å². The molecular weight excluding hydrogens is 415 g/mol. The number of rotatable bonds is 7. The molecular formula is C17H14Cl2N2O3S2. The van der Waals surface area contributed by atoms with E-state index in [1.54, 1.807) is 30.5 Å². The van der Waals surface area contributed by atoms with Crippen LogP contribution in [0.1, 0.15) is 11.3 Å². The summed E-state index contributed by atoms with van der Waals surface area (Å²) >= 11 is 12.8. The first-order valence-corrected chi connectivity index (χ1v) is 10.6. The number of sulfonamides is 1. The molecule has 0 atom stereocenters. The largest absolute Gasteiger partial charge is 0.487 e. The predicted molar refractivity (Wildman–Crippen MR) is 103 cm³/mol. The molecule has 136 valence electrons. The molecule has 0 bridgehead atoms. The number of benzene rings is 1. The summed E-state index contributed by atoms with van der Waals surface area (Å²) in [6.07, 6.45) is 1.70. The normalized spacial score (nSPS) is 11.5. The van der Waals surface area contributed by atoms with Crippen molar-refractivity contribution in [1.82, 2.24) is 9.71 Å². The molecule has 0 saturated carbocycles. The highest BCUT2D eigenvalue weighted by atomic mass is 35.5. The summed E-state index contributed by atoms with van der Waals surface area (Å²) in [6.45, 7) is 0.436. The Kier molecular flexibility index (Phi) is 6.16. The quantitative estimate of drug-likeness (QED) is 0.600. The maximum absolute atomic E-state index is 12.3. The number of halogens is 2. The van der Waals surface area contributed by atoms with Gasteiger partial charge in [-0.1, -0.05) is 41.4 Å². The summed E-state index contributed by atoms with van der Waals surface area (Å²) < 4.78 is 33.4. The summed E-state index contributed by atoms with van der Waals surface area (Å²) in [5, 5.41) is 0. The SMILES string of the molecule is O=S(=O)(NCc1cccc(OCc2ccccn2)c1)c1cc(Cl)sc1Cl. The summed E-state index contributed by atoms with van der Waals surface area (Å²) in [5.74, 6) is 0.629. The molecule has 9 heteroatoms. The molecule has 1 aromatic carbocycles. The minimum atomic E-state index is -3.74. The van der Waals surface area contributed by atoms with E-state index in [1.807, 2.05) is 18.2 Å². The van der Waals surface area contributed by atoms with Crippen LogP contribution in [0.5, 0.6) is 5.75 Å². The van der Waals surface area contributed by atoms with Crippen LogP contribution in [0.2, 0.25) is 8.67 Å². The lowest BCUT2D eigenvalue weighted by Crippen LogP contribution is -2.23. The van der Waals surface area contributed by atoms with Crippen LogP contribution in [0.15, 0.2) is 59.6 Å². The second-order valence-corrected chi connectivity index (χ2v) is 9.29. The first-order chi connectivity index (χ1) is 12.4. The fourth-order valence-electron chi connectivity index (χ4n) is 2.15. The number of ether oxygens (including phenoxy) is 1. The smallest absolute Gasteiger partial charge is 0.243 e. The number of nitrogens with one attached hydrogen (secondary N) is 1. The average molecular weight is 429 g/mol. The molecule has 0 aliphatic heterocycles. The van der Waals surface area contributed by atoms with Gasteiger partial charge < -0.3 is 4.74 Å². The van der Waals surface area contributed by atoms with E-state index in [1.165, 1.54) is 6.07 Å². The van der Waals surface area contributed by atoms with Gasteiger partial charge in [0.2, 0.25) is 10.0 Å². The van der Waals surface area contributed by atoms with Crippen molar-refractivity contribution in [3.8, 4) is 5.75 Å². The van der Waals surface area contributed by atoms with Crippen LogP contribution in [0.25, 0.3) is 0 Å². The number of nitrogens with zero attached hydrogens (tertiary/aromatic N) is 1. The Morgan fingerprint density at radius 1 is 1.12 bits per heavy atom. The van der Waals surface area contributed by atoms with Crippen LogP contribution in [0, 0.1) is 0 Å². The van der Waals surface area contributed by atoms with E-state index in [9.17, 15) is 8.42 Å². The van der Waals surface area contributed by atoms with Crippen LogP contribution < -0.4 is 9.46 Å². The highest BCUT2D eigenvalue weighted by molar-refractivity contribution is 7.89. The Hall–Kier alpha value is -1.64. The molecule has 3 aromatic rings. The molecule has 2 heterocycles. The van der Waals surface area contributed by atoms with Crippen molar-refractivity contribution in [1.29, 1.82) is 0 Å². The maximum Gasteiger partial charge on any atom is 0.243 e. The molecule has 0 saturated heterocycles. The van der Waals surface area contributed by atoms with Crippen molar-refractivity contribution in [3.05, 3.63) is 74.7 Å². The summed E-state index contributed by atoms with van der Waals surface area (Å²) in [5.41, 5.74) is 1.56. The van der Waals surface area contributed by atoms with Crippen molar-refractivity contribution in [2.45, 2.75) is 18.0 Å². The minimum Gasteiger partial charge on any atom is -0.487 e. The maximum atomic E-state index is 12.3. The second kappa shape index (κ2) is 8.37. The molecule has 5 nitrogen and oxygen atoms in total. The third-order valence-electron chi connectivity index (χ3n) is 3.39. The Bertz CT molecular complexity index is 992. The van der Waals surface area contributed by atoms with Crippen LogP contribution in [-0.2, 0) is 23.2 Å². The van der Waals surface area contributed by atoms with Crippen LogP contribution in [-0.4, -0.2) is 13.4 Å². The molecule has 0 aliphatic carbocycles. The highest BCUT2D eigenvalue weighted by Crippen LogP contribution is 2.34. The number of thiophene rings is 1. The Morgan fingerprint density at radius 2 is 1.96 bits per heavy atom. The molecule has 26 heavy (non-hydrogen) atoms. The average Bonchev–Trinajstić information content (AvgIpc) is 2.99. The van der Waals surface area contributed by atoms with Gasteiger partial charge in [-0.2, -0.15) is 0 Å². The standard InChI is InChI=1S/C17H14Cl2N2O3S2/c18-16-9-15(17(19)25-16)26(22,23)21-10-12-4-3-6-14(8-12)24-11-13-5-1-2-7-20-13/h1-9,21H,10-11H2. The minimum absolute atomic E-state index is 0.0169. The number of aromatic nitrogens is 1. The summed E-state index contributed by atoms with van der Waals surface area (Å²) in [6, 6.07) is 14.1. The van der Waals surface area contributed by atoms with Gasteiger partial charge in [-0.3, -0.25) is 4.98 Å². The van der Waals surface area contributed by atoms with Crippen LogP contribution >= 0.6 is 34.5 Å². The molecule has 3 rings (SSSR count). The number of pyridine rings is 1. The molecule has 0 fully saturated rings. The van der Waals surface area contributed by atoms with Gasteiger partial charge in [0.25, 0.3) is 0 Å². The van der Waals surface area contributed by atoms with Gasteiger partial charge in [-0.25, -0.2) is 13.1 Å². The van der Waals surface area contributed by atoms with Crippen molar-refractivity contribution in [2.24, 2.45) is 0 Å². The predicted octanol–water partition coefficient (Wildman–Crippen LogP) is 4.51. The number of hydrogen-bond donors (Lipinski definition) is 1. The van der Waals surface area contributed by atoms with E-state index in [0.717, 1.165) is 22.6 Å². The van der Waals surface area contributed by atoms with Gasteiger partial charge in [0, 0.05) is 12.7 Å². The van der Waals surface area contributed by atoms with E-state index in [0.29, 0.717) is 16.7 Å². The second-order valence-electron chi connectivity index (χ2n) is 5.27. The van der Waals surface area contributed by atoms with Crippen LogP contribution in [0.4, 0.5) is 0 Å². The van der Waals surface area contributed by atoms with Gasteiger partial charge in [-0.15, -0.1) is 11.3 Å². The van der Waals surface area contributed by atoms with E-state index in [-0.39, 0.29) is 15.8 Å². The Labute approximate surface area is 165 Å². The Balaban J connectivity index is 1.64. The molecule has 1 N–H and O–H groups in total. The monoisotopic (exact) mass is 428 g/mol. The van der Waals surface area contributed by atoms with Gasteiger partial charge in [-0.05, 0) is 35.9 Å². The number of hydrogen-bond acceptors (Lipinski definition) is 5. The molecule has 0 unspecified atom stereocenters. The van der Waals surface area contributed by atoms with Crippen molar-refractivity contribution >= 4 is 44.6 Å². The Morgan fingerprint density at radius 3 is 2.65 bits per heavy atom. The third-order valence-corrected chi connectivity index (χ3v) is 6.55. The lowest BCUT2D eigenvalue weighted by atomic mass is 10.2. The molecule has 2 aromatic heterocycles. The van der Waals surface area contributed by atoms with E-state index < -0.39 is 10.0 Å². The van der Waals surface area contributed by atoms with Crippen molar-refractivity contribution < 1.29 is 13.2 Å². The first kappa shape index (κ1) is 19.1. The first-order valence-electron chi connectivity index (χ1n) is 7.50. The van der Waals surface area contributed by atoms with Gasteiger partial charge in [0.1, 0.15) is 21.6 Å². The van der Waals surface area contributed by atoms with Crippen LogP contribution in [0.3, 0.4) is 0 Å². The van der Waals surface area contributed by atoms with Crippen molar-refractivity contribution in [3.63, 3.8) is 0 Å². The van der Waals surface area contributed by atoms with E-state index in [2.05, 4.69) is 9.71 Å². The molecule has 0 amide bonds. The van der Waals surface area contributed by atoms with Crippen molar-refractivity contribution in [2.75, 3.05) is 0 Å². The van der Waals surface area contributed by atoms with Gasteiger partial charge in [0.05, 0.1) is 10.0 Å². The van der Waals surface area contributed by atoms with E-state index >= 15 is 0 Å². The lowest BCUT2D eigenvalue weighted by molar-refractivity contribution is 0.301. The lowest BCUT2D eigenvalue weighted by Gasteiger charge is -2.09. The molecule has 0 aliphatic rings. The zero-order valence-corrected chi connectivity index (χ0v) is 16.5. The van der Waals surface area contributed by atoms with Gasteiger partial charge in [0.15, 0.2) is 0 Å². The zero-order chi connectivity index (χ0) is 18.6. The topological polar surface area (TPSA) is 68.3 Å². The fourth-order valence-corrected chi connectivity index (χ4v) is 5.32. The highest BCUT2D eigenvalue weighted by Gasteiger charge is 2.20.